The first-order valence-corrected chi connectivity index (χ1v) is 4.58. The minimum atomic E-state index is -4.96. The Hall–Kier alpha value is -1.79. The molecule has 1 atom stereocenters. The van der Waals surface area contributed by atoms with Gasteiger partial charge in [0.2, 0.25) is 5.75 Å². The zero-order chi connectivity index (χ0) is 13.2. The Morgan fingerprint density at radius 2 is 2.06 bits per heavy atom. The summed E-state index contributed by atoms with van der Waals surface area (Å²) in [6.45, 7) is 5.30. The van der Waals surface area contributed by atoms with Crippen molar-refractivity contribution < 1.29 is 22.8 Å². The summed E-state index contributed by atoms with van der Waals surface area (Å²) in [6, 6.07) is 3.26. The zero-order valence-electron chi connectivity index (χ0n) is 8.82. The van der Waals surface area contributed by atoms with Crippen molar-refractivity contribution in [3.8, 4) is 5.75 Å². The van der Waals surface area contributed by atoms with Crippen LogP contribution in [0.1, 0.15) is 18.4 Å². The zero-order valence-corrected chi connectivity index (χ0v) is 8.82. The third kappa shape index (κ3) is 3.61. The minimum Gasteiger partial charge on any atom is -0.398 e. The predicted octanol–water partition coefficient (Wildman–Crippen LogP) is 3.43. The number of benzene rings is 1. The molecular weight excluding hydrogens is 239 g/mol. The van der Waals surface area contributed by atoms with Crippen molar-refractivity contribution >= 4 is 5.69 Å². The van der Waals surface area contributed by atoms with Crippen LogP contribution in [0.25, 0.3) is 0 Å². The van der Waals surface area contributed by atoms with E-state index in [9.17, 15) is 23.3 Å². The molecule has 1 aromatic rings. The monoisotopic (exact) mass is 248 g/mol. The number of rotatable bonds is 3. The molecule has 0 aliphatic carbocycles. The Labute approximate surface area is 95.2 Å². The molecule has 4 nitrogen and oxygen atoms in total. The lowest BCUT2D eigenvalue weighted by Crippen LogP contribution is -2.18. The van der Waals surface area contributed by atoms with Crippen molar-refractivity contribution in [2.45, 2.75) is 19.2 Å². The number of nitro groups is 1. The highest BCUT2D eigenvalue weighted by molar-refractivity contribution is 5.49. The minimum absolute atomic E-state index is 0.270. The SMILES string of the molecule is [CH2]C(C)c1ccc(OC(F)(F)F)c([N+](=O)[O-])c1. The second-order valence-corrected chi connectivity index (χ2v) is 3.43. The lowest BCUT2D eigenvalue weighted by Gasteiger charge is -2.11. The van der Waals surface area contributed by atoms with Crippen LogP contribution in [0.15, 0.2) is 18.2 Å². The first-order valence-electron chi connectivity index (χ1n) is 4.58. The fraction of sp³-hybridized carbons (Fsp3) is 0.300. The molecule has 1 radical (unpaired) electrons. The van der Waals surface area contributed by atoms with E-state index in [1.165, 1.54) is 6.07 Å². The summed E-state index contributed by atoms with van der Waals surface area (Å²) in [5.74, 6) is -1.10. The quantitative estimate of drug-likeness (QED) is 0.608. The third-order valence-corrected chi connectivity index (χ3v) is 1.97. The maximum absolute atomic E-state index is 12.0. The van der Waals surface area contributed by atoms with Gasteiger partial charge >= 0.3 is 12.0 Å². The second kappa shape index (κ2) is 4.60. The summed E-state index contributed by atoms with van der Waals surface area (Å²) >= 11 is 0. The van der Waals surface area contributed by atoms with Gasteiger partial charge in [0.25, 0.3) is 0 Å². The van der Waals surface area contributed by atoms with E-state index in [0.29, 0.717) is 5.56 Å². The lowest BCUT2D eigenvalue weighted by molar-refractivity contribution is -0.388. The molecule has 1 rings (SSSR count). The van der Waals surface area contributed by atoms with Crippen LogP contribution in [0.3, 0.4) is 0 Å². The largest absolute Gasteiger partial charge is 0.573 e. The first kappa shape index (κ1) is 13.3. The van der Waals surface area contributed by atoms with Gasteiger partial charge in [0.1, 0.15) is 0 Å². The van der Waals surface area contributed by atoms with Gasteiger partial charge in [0.05, 0.1) is 4.92 Å². The van der Waals surface area contributed by atoms with Crippen LogP contribution in [-0.4, -0.2) is 11.3 Å². The smallest absolute Gasteiger partial charge is 0.398 e. The molecule has 0 fully saturated rings. The van der Waals surface area contributed by atoms with Gasteiger partial charge in [-0.3, -0.25) is 10.1 Å². The number of nitrogens with zero attached hydrogens (tertiary/aromatic N) is 1. The van der Waals surface area contributed by atoms with Crippen molar-refractivity contribution in [3.63, 3.8) is 0 Å². The molecule has 0 aliphatic rings. The maximum Gasteiger partial charge on any atom is 0.573 e. The highest BCUT2D eigenvalue weighted by atomic mass is 19.4. The van der Waals surface area contributed by atoms with E-state index in [1.807, 2.05) is 0 Å². The molecule has 93 valence electrons. The van der Waals surface area contributed by atoms with Gasteiger partial charge in [-0.1, -0.05) is 13.0 Å². The molecule has 0 heterocycles. The maximum atomic E-state index is 12.0. The van der Waals surface area contributed by atoms with E-state index >= 15 is 0 Å². The van der Waals surface area contributed by atoms with Crippen molar-refractivity contribution in [2.24, 2.45) is 0 Å². The Bertz CT molecular complexity index is 429. The normalized spacial score (nSPS) is 11.6. The molecule has 0 aromatic heterocycles. The van der Waals surface area contributed by atoms with Crippen molar-refractivity contribution in [1.29, 1.82) is 0 Å². The van der Waals surface area contributed by atoms with Gasteiger partial charge in [-0.15, -0.1) is 13.2 Å². The van der Waals surface area contributed by atoms with Gasteiger partial charge in [-0.25, -0.2) is 0 Å². The molecule has 0 spiro atoms. The van der Waals surface area contributed by atoms with Crippen LogP contribution in [0.4, 0.5) is 18.9 Å². The Kier molecular flexibility index (Phi) is 3.59. The summed E-state index contributed by atoms with van der Waals surface area (Å²) in [6.07, 6.45) is -4.96. The molecule has 0 saturated carbocycles. The van der Waals surface area contributed by atoms with E-state index in [0.717, 1.165) is 12.1 Å². The molecule has 0 N–H and O–H groups in total. The number of nitro benzene ring substituents is 1. The molecule has 1 aromatic carbocycles. The van der Waals surface area contributed by atoms with Crippen LogP contribution in [0, 0.1) is 17.0 Å². The van der Waals surface area contributed by atoms with Gasteiger partial charge in [0.15, 0.2) is 0 Å². The average molecular weight is 248 g/mol. The van der Waals surface area contributed by atoms with Crippen molar-refractivity contribution in [2.75, 3.05) is 0 Å². The fourth-order valence-electron chi connectivity index (χ4n) is 1.19. The average Bonchev–Trinajstić information content (AvgIpc) is 2.14. The summed E-state index contributed by atoms with van der Waals surface area (Å²) in [4.78, 5) is 9.70. The predicted molar refractivity (Wildman–Crippen MR) is 53.6 cm³/mol. The third-order valence-electron chi connectivity index (χ3n) is 1.97. The van der Waals surface area contributed by atoms with Crippen LogP contribution >= 0.6 is 0 Å². The first-order chi connectivity index (χ1) is 7.70. The highest BCUT2D eigenvalue weighted by Crippen LogP contribution is 2.34. The molecule has 7 heteroatoms. The lowest BCUT2D eigenvalue weighted by atomic mass is 10.0. The second-order valence-electron chi connectivity index (χ2n) is 3.43. The van der Waals surface area contributed by atoms with E-state index in [2.05, 4.69) is 11.7 Å². The topological polar surface area (TPSA) is 52.4 Å². The standard InChI is InChI=1S/C10H9F3NO3/c1-6(2)7-3-4-9(17-10(11,12)13)8(5-7)14(15)16/h3-6H,1H2,2H3. The van der Waals surface area contributed by atoms with Gasteiger partial charge in [-0.2, -0.15) is 0 Å². The van der Waals surface area contributed by atoms with Gasteiger partial charge in [0, 0.05) is 6.07 Å². The highest BCUT2D eigenvalue weighted by Gasteiger charge is 2.34. The van der Waals surface area contributed by atoms with Crippen LogP contribution in [-0.2, 0) is 0 Å². The summed E-state index contributed by atoms with van der Waals surface area (Å²) in [5.41, 5.74) is -0.262. The van der Waals surface area contributed by atoms with Crippen LogP contribution in [0.2, 0.25) is 0 Å². The number of hydrogen-bond acceptors (Lipinski definition) is 3. The number of halogens is 3. The number of alkyl halides is 3. The van der Waals surface area contributed by atoms with Crippen molar-refractivity contribution in [1.82, 2.24) is 0 Å². The molecule has 1 unspecified atom stereocenters. The van der Waals surface area contributed by atoms with Gasteiger partial charge < -0.3 is 4.74 Å². The Balaban J connectivity index is 3.18. The van der Waals surface area contributed by atoms with E-state index < -0.39 is 22.7 Å². The van der Waals surface area contributed by atoms with E-state index in [1.54, 1.807) is 6.92 Å². The molecule has 0 saturated heterocycles. The van der Waals surface area contributed by atoms with E-state index in [4.69, 9.17) is 0 Å². The molecule has 0 amide bonds. The number of ether oxygens (including phenoxy) is 1. The summed E-state index contributed by atoms with van der Waals surface area (Å²) < 4.78 is 39.5. The van der Waals surface area contributed by atoms with Gasteiger partial charge in [-0.05, 0) is 24.5 Å². The Morgan fingerprint density at radius 3 is 2.47 bits per heavy atom. The Morgan fingerprint density at radius 1 is 1.47 bits per heavy atom. The summed E-state index contributed by atoms with van der Waals surface area (Å²) in [5, 5.41) is 10.6. The van der Waals surface area contributed by atoms with Crippen molar-refractivity contribution in [3.05, 3.63) is 40.8 Å². The molecule has 0 aliphatic heterocycles. The molecular formula is C10H9F3NO3. The van der Waals surface area contributed by atoms with E-state index in [-0.39, 0.29) is 5.92 Å². The fourth-order valence-corrected chi connectivity index (χ4v) is 1.19. The van der Waals surface area contributed by atoms with Crippen LogP contribution < -0.4 is 4.74 Å². The number of hydrogen-bond donors (Lipinski definition) is 0. The van der Waals surface area contributed by atoms with Crippen LogP contribution in [0.5, 0.6) is 5.75 Å². The summed E-state index contributed by atoms with van der Waals surface area (Å²) in [7, 11) is 0. The molecule has 0 bridgehead atoms. The molecule has 17 heavy (non-hydrogen) atoms.